The van der Waals surface area contributed by atoms with E-state index in [0.29, 0.717) is 48.1 Å². The number of carbonyl (C=O) groups is 1. The van der Waals surface area contributed by atoms with Gasteiger partial charge < -0.3 is 25.6 Å². The number of benzene rings is 3. The molecule has 37 heavy (non-hydrogen) atoms. The van der Waals surface area contributed by atoms with Gasteiger partial charge in [-0.2, -0.15) is 0 Å². The van der Waals surface area contributed by atoms with Crippen LogP contribution in [0.4, 0.5) is 10.1 Å². The molecule has 1 fully saturated rings. The molecule has 0 saturated carbocycles. The van der Waals surface area contributed by atoms with Gasteiger partial charge in [-0.05, 0) is 54.4 Å². The molecule has 2 atom stereocenters. The van der Waals surface area contributed by atoms with Crippen molar-refractivity contribution in [2.75, 3.05) is 44.3 Å². The van der Waals surface area contributed by atoms with Crippen molar-refractivity contribution in [3.8, 4) is 5.75 Å². The predicted molar refractivity (Wildman–Crippen MR) is 141 cm³/mol. The first-order valence-electron chi connectivity index (χ1n) is 12.1. The number of piperazine rings is 1. The minimum absolute atomic E-state index is 0.0927. The van der Waals surface area contributed by atoms with Gasteiger partial charge in [0.15, 0.2) is 0 Å². The molecule has 3 aromatic carbocycles. The third-order valence-electron chi connectivity index (χ3n) is 6.61. The molecule has 7 nitrogen and oxygen atoms in total. The van der Waals surface area contributed by atoms with Gasteiger partial charge >= 0.3 is 0 Å². The molecule has 4 N–H and O–H groups in total. The maximum absolute atomic E-state index is 13.7. The van der Waals surface area contributed by atoms with Gasteiger partial charge in [-0.25, -0.2) is 4.39 Å². The third-order valence-corrected chi connectivity index (χ3v) is 6.91. The standard InChI is InChI=1S/C28H31ClFN3O4/c1-28(36,21-4-2-3-20(15-21)27(31)35)18-32-11-12-33(26(17-32)19-5-7-22(30)8-6-19)25-10-9-23(16-24(25)29)37-14-13-34/h2-10,15-16,26,34,36H,11-14,17-18H2,1H3,(H2,31,35)/t26-,28+/m0/s1. The second-order valence-electron chi connectivity index (χ2n) is 9.40. The number of β-amino-alcohol motifs (C(OH)–C–C–N with tert-alkyl or cyclic N) is 1. The van der Waals surface area contributed by atoms with Gasteiger partial charge in [0.2, 0.25) is 5.91 Å². The minimum atomic E-state index is -1.23. The molecule has 0 unspecified atom stereocenters. The molecule has 196 valence electrons. The number of hydrogen-bond acceptors (Lipinski definition) is 6. The van der Waals surface area contributed by atoms with Crippen LogP contribution < -0.4 is 15.4 Å². The van der Waals surface area contributed by atoms with E-state index in [1.54, 1.807) is 49.4 Å². The quantitative estimate of drug-likeness (QED) is 0.392. The number of carbonyl (C=O) groups excluding carboxylic acids is 1. The third kappa shape index (κ3) is 6.40. The fraction of sp³-hybridized carbons (Fsp3) is 0.321. The Hall–Kier alpha value is -3.17. The number of primary amides is 1. The van der Waals surface area contributed by atoms with E-state index in [-0.39, 0.29) is 25.1 Å². The highest BCUT2D eigenvalue weighted by atomic mass is 35.5. The Labute approximate surface area is 220 Å². The fourth-order valence-corrected chi connectivity index (χ4v) is 5.03. The molecular weight excluding hydrogens is 497 g/mol. The Morgan fingerprint density at radius 2 is 1.92 bits per heavy atom. The van der Waals surface area contributed by atoms with E-state index >= 15 is 0 Å². The minimum Gasteiger partial charge on any atom is -0.491 e. The largest absolute Gasteiger partial charge is 0.491 e. The molecule has 1 aliphatic heterocycles. The Morgan fingerprint density at radius 1 is 1.16 bits per heavy atom. The molecule has 0 spiro atoms. The number of nitrogens with zero attached hydrogens (tertiary/aromatic N) is 2. The highest BCUT2D eigenvalue weighted by Gasteiger charge is 2.34. The van der Waals surface area contributed by atoms with Gasteiger partial charge in [-0.3, -0.25) is 9.69 Å². The second-order valence-corrected chi connectivity index (χ2v) is 9.81. The summed E-state index contributed by atoms with van der Waals surface area (Å²) in [5, 5.41) is 20.9. The van der Waals surface area contributed by atoms with Crippen molar-refractivity contribution in [1.29, 1.82) is 0 Å². The van der Waals surface area contributed by atoms with E-state index in [2.05, 4.69) is 9.80 Å². The maximum atomic E-state index is 13.7. The maximum Gasteiger partial charge on any atom is 0.248 e. The fourth-order valence-electron chi connectivity index (χ4n) is 4.75. The number of ether oxygens (including phenoxy) is 1. The van der Waals surface area contributed by atoms with Gasteiger partial charge in [-0.1, -0.05) is 35.9 Å². The molecule has 3 aromatic rings. The van der Waals surface area contributed by atoms with E-state index in [1.165, 1.54) is 12.1 Å². The van der Waals surface area contributed by atoms with Gasteiger partial charge in [0, 0.05) is 37.8 Å². The van der Waals surface area contributed by atoms with Crippen LogP contribution in [0.25, 0.3) is 0 Å². The Bertz CT molecular complexity index is 1240. The van der Waals surface area contributed by atoms with Gasteiger partial charge in [0.1, 0.15) is 18.2 Å². The zero-order valence-corrected chi connectivity index (χ0v) is 21.4. The first-order chi connectivity index (χ1) is 17.7. The predicted octanol–water partition coefficient (Wildman–Crippen LogP) is 3.72. The first kappa shape index (κ1) is 26.9. The highest BCUT2D eigenvalue weighted by Crippen LogP contribution is 2.38. The number of nitrogens with two attached hydrogens (primary N) is 1. The highest BCUT2D eigenvalue weighted by molar-refractivity contribution is 6.33. The number of halogens is 2. The molecule has 0 aliphatic carbocycles. The van der Waals surface area contributed by atoms with Crippen LogP contribution in [-0.4, -0.2) is 60.4 Å². The summed E-state index contributed by atoms with van der Waals surface area (Å²) in [6.07, 6.45) is 0. The number of anilines is 1. The number of amides is 1. The SMILES string of the molecule is C[C@@](O)(CN1CCN(c2ccc(OCCO)cc2Cl)[C@H](c2ccc(F)cc2)C1)c1cccc(C(N)=O)c1. The zero-order valence-electron chi connectivity index (χ0n) is 20.6. The van der Waals surface area contributed by atoms with Crippen molar-refractivity contribution in [3.05, 3.63) is 94.3 Å². The van der Waals surface area contributed by atoms with Crippen molar-refractivity contribution in [2.45, 2.75) is 18.6 Å². The summed E-state index contributed by atoms with van der Waals surface area (Å²) in [6.45, 7) is 3.92. The number of rotatable bonds is 9. The second kappa shape index (κ2) is 11.5. The Kier molecular flexibility index (Phi) is 8.34. The molecule has 1 saturated heterocycles. The summed E-state index contributed by atoms with van der Waals surface area (Å²) >= 11 is 6.65. The van der Waals surface area contributed by atoms with E-state index in [4.69, 9.17) is 27.2 Å². The summed E-state index contributed by atoms with van der Waals surface area (Å²) < 4.78 is 19.2. The van der Waals surface area contributed by atoms with E-state index in [1.807, 2.05) is 12.1 Å². The summed E-state index contributed by atoms with van der Waals surface area (Å²) in [5.41, 5.74) is 6.87. The molecule has 0 radical (unpaired) electrons. The van der Waals surface area contributed by atoms with Crippen LogP contribution in [-0.2, 0) is 5.60 Å². The Morgan fingerprint density at radius 3 is 2.59 bits per heavy atom. The van der Waals surface area contributed by atoms with Crippen molar-refractivity contribution in [3.63, 3.8) is 0 Å². The van der Waals surface area contributed by atoms with Crippen LogP contribution >= 0.6 is 11.6 Å². The normalized spacial score (nSPS) is 17.9. The molecule has 9 heteroatoms. The van der Waals surface area contributed by atoms with E-state index in [9.17, 15) is 14.3 Å². The lowest BCUT2D eigenvalue weighted by atomic mass is 9.92. The van der Waals surface area contributed by atoms with Crippen molar-refractivity contribution in [1.82, 2.24) is 4.90 Å². The lowest BCUT2D eigenvalue weighted by Gasteiger charge is -2.45. The van der Waals surface area contributed by atoms with Crippen LogP contribution in [0.5, 0.6) is 5.75 Å². The average molecular weight is 528 g/mol. The van der Waals surface area contributed by atoms with Crippen LogP contribution in [0.3, 0.4) is 0 Å². The molecule has 4 rings (SSSR count). The van der Waals surface area contributed by atoms with Gasteiger partial charge in [0.05, 0.1) is 29.0 Å². The van der Waals surface area contributed by atoms with Crippen LogP contribution in [0, 0.1) is 5.82 Å². The number of aliphatic hydroxyl groups is 2. The van der Waals surface area contributed by atoms with Gasteiger partial charge in [0.25, 0.3) is 0 Å². The lowest BCUT2D eigenvalue weighted by molar-refractivity contribution is 0.0103. The monoisotopic (exact) mass is 527 g/mol. The first-order valence-corrected chi connectivity index (χ1v) is 12.5. The lowest BCUT2D eigenvalue weighted by Crippen LogP contribution is -2.52. The summed E-state index contributed by atoms with van der Waals surface area (Å²) in [4.78, 5) is 16.0. The number of aliphatic hydroxyl groups excluding tert-OH is 1. The van der Waals surface area contributed by atoms with Crippen molar-refractivity contribution in [2.24, 2.45) is 5.73 Å². The zero-order chi connectivity index (χ0) is 26.6. The van der Waals surface area contributed by atoms with E-state index < -0.39 is 11.5 Å². The van der Waals surface area contributed by atoms with Crippen molar-refractivity contribution < 1.29 is 24.1 Å². The molecule has 1 heterocycles. The topological polar surface area (TPSA) is 99.3 Å². The summed E-state index contributed by atoms with van der Waals surface area (Å²) in [5.74, 6) is -0.301. The number of hydrogen-bond donors (Lipinski definition) is 3. The van der Waals surface area contributed by atoms with Gasteiger partial charge in [-0.15, -0.1) is 0 Å². The van der Waals surface area contributed by atoms with Crippen LogP contribution in [0.15, 0.2) is 66.7 Å². The molecule has 1 aliphatic rings. The average Bonchev–Trinajstić information content (AvgIpc) is 2.88. The summed E-state index contributed by atoms with van der Waals surface area (Å²) in [6, 6.07) is 18.4. The molecule has 1 amide bonds. The summed E-state index contributed by atoms with van der Waals surface area (Å²) in [7, 11) is 0. The molecular formula is C28H31ClFN3O4. The van der Waals surface area contributed by atoms with Crippen molar-refractivity contribution >= 4 is 23.2 Å². The van der Waals surface area contributed by atoms with Crippen LogP contribution in [0.1, 0.15) is 34.5 Å². The van der Waals surface area contributed by atoms with E-state index in [0.717, 1.165) is 11.3 Å². The molecule has 0 bridgehead atoms. The van der Waals surface area contributed by atoms with Crippen LogP contribution in [0.2, 0.25) is 5.02 Å². The Balaban J connectivity index is 1.59. The smallest absolute Gasteiger partial charge is 0.248 e. The molecule has 0 aromatic heterocycles.